The van der Waals surface area contributed by atoms with Gasteiger partial charge in [0.25, 0.3) is 0 Å². The number of carbonyl (C=O) groups excluding carboxylic acids is 1. The Morgan fingerprint density at radius 1 is 1.32 bits per heavy atom. The maximum absolute atomic E-state index is 12.4. The molecule has 0 spiro atoms. The average Bonchev–Trinajstić information content (AvgIpc) is 2.95. The van der Waals surface area contributed by atoms with E-state index < -0.39 is 0 Å². The van der Waals surface area contributed by atoms with E-state index in [1.807, 2.05) is 23.1 Å². The normalized spacial score (nSPS) is 18.7. The van der Waals surface area contributed by atoms with Gasteiger partial charge in [-0.2, -0.15) is 0 Å². The highest BCUT2D eigenvalue weighted by atomic mass is 35.5. The molecule has 1 aromatic carbocycles. The molecule has 1 atom stereocenters. The molecule has 1 saturated heterocycles. The van der Waals surface area contributed by atoms with Gasteiger partial charge in [0, 0.05) is 19.1 Å². The number of ether oxygens (including phenoxy) is 2. The molecule has 2 aliphatic rings. The average molecular weight is 327 g/mol. The lowest BCUT2D eigenvalue weighted by Gasteiger charge is -2.33. The number of carbonyl (C=O) groups is 1. The molecule has 3 rings (SSSR count). The molecule has 6 heteroatoms. The van der Waals surface area contributed by atoms with E-state index >= 15 is 0 Å². The monoisotopic (exact) mass is 326 g/mol. The first-order chi connectivity index (χ1) is 10.1. The molecule has 1 amide bonds. The second-order valence-corrected chi connectivity index (χ2v) is 5.94. The smallest absolute Gasteiger partial charge is 0.231 e. The largest absolute Gasteiger partial charge is 0.454 e. The van der Waals surface area contributed by atoms with Crippen molar-refractivity contribution < 1.29 is 14.3 Å². The van der Waals surface area contributed by atoms with Crippen LogP contribution in [0, 0.1) is 5.92 Å². The second kappa shape index (κ2) is 7.20. The van der Waals surface area contributed by atoms with Crippen LogP contribution in [0.15, 0.2) is 18.2 Å². The van der Waals surface area contributed by atoms with Crippen LogP contribution >= 0.6 is 12.4 Å². The molecule has 22 heavy (non-hydrogen) atoms. The van der Waals surface area contributed by atoms with Gasteiger partial charge in [0.05, 0.1) is 6.42 Å². The van der Waals surface area contributed by atoms with Gasteiger partial charge in [-0.05, 0) is 43.4 Å². The van der Waals surface area contributed by atoms with Crippen LogP contribution in [0.2, 0.25) is 0 Å². The van der Waals surface area contributed by atoms with Crippen molar-refractivity contribution in [2.75, 3.05) is 19.9 Å². The Kier molecular flexibility index (Phi) is 5.53. The number of nitrogens with two attached hydrogens (primary N) is 1. The van der Waals surface area contributed by atoms with Crippen LogP contribution in [-0.4, -0.2) is 36.7 Å². The van der Waals surface area contributed by atoms with E-state index in [0.29, 0.717) is 12.3 Å². The van der Waals surface area contributed by atoms with Crippen molar-refractivity contribution in [1.29, 1.82) is 0 Å². The fourth-order valence-electron chi connectivity index (χ4n) is 3.01. The van der Waals surface area contributed by atoms with Crippen LogP contribution in [0.1, 0.15) is 25.3 Å². The molecule has 0 saturated carbocycles. The molecule has 5 nitrogen and oxygen atoms in total. The highest BCUT2D eigenvalue weighted by molar-refractivity contribution is 5.85. The second-order valence-electron chi connectivity index (χ2n) is 5.94. The van der Waals surface area contributed by atoms with Crippen LogP contribution < -0.4 is 15.2 Å². The molecule has 2 N–H and O–H groups in total. The van der Waals surface area contributed by atoms with Crippen LogP contribution in [0.5, 0.6) is 11.5 Å². The van der Waals surface area contributed by atoms with Crippen molar-refractivity contribution >= 4 is 18.3 Å². The van der Waals surface area contributed by atoms with Crippen molar-refractivity contribution in [3.05, 3.63) is 23.8 Å². The predicted octanol–water partition coefficient (Wildman–Crippen LogP) is 1.97. The summed E-state index contributed by atoms with van der Waals surface area (Å²) in [7, 11) is 0. The Labute approximate surface area is 137 Å². The molecule has 1 fully saturated rings. The summed E-state index contributed by atoms with van der Waals surface area (Å²) in [4.78, 5) is 14.3. The molecular formula is C16H23ClN2O3. The lowest BCUT2D eigenvalue weighted by Crippen LogP contribution is -2.43. The number of piperidine rings is 1. The standard InChI is InChI=1S/C16H22N2O3.ClH/c1-11(17)13-4-6-18(7-5-13)16(19)9-12-2-3-14-15(8-12)21-10-20-14;/h2-3,8,11,13H,4-7,9-10,17H2,1H3;1H. The Morgan fingerprint density at radius 3 is 2.68 bits per heavy atom. The van der Waals surface area contributed by atoms with E-state index in [9.17, 15) is 4.79 Å². The molecule has 0 aliphatic carbocycles. The number of nitrogens with zero attached hydrogens (tertiary/aromatic N) is 1. The van der Waals surface area contributed by atoms with Crippen molar-refractivity contribution in [2.24, 2.45) is 11.7 Å². The van der Waals surface area contributed by atoms with Crippen LogP contribution in [-0.2, 0) is 11.2 Å². The molecule has 2 heterocycles. The minimum atomic E-state index is 0. The van der Waals surface area contributed by atoms with Crippen molar-refractivity contribution in [2.45, 2.75) is 32.2 Å². The summed E-state index contributed by atoms with van der Waals surface area (Å²) in [5, 5.41) is 0. The zero-order valence-electron chi connectivity index (χ0n) is 12.8. The van der Waals surface area contributed by atoms with E-state index in [0.717, 1.165) is 43.0 Å². The number of likely N-dealkylation sites (tertiary alicyclic amines) is 1. The third kappa shape index (κ3) is 3.65. The van der Waals surface area contributed by atoms with Gasteiger partial charge in [-0.15, -0.1) is 12.4 Å². The number of fused-ring (bicyclic) bond motifs is 1. The third-order valence-corrected chi connectivity index (χ3v) is 4.43. The van der Waals surface area contributed by atoms with E-state index in [4.69, 9.17) is 15.2 Å². The maximum Gasteiger partial charge on any atom is 0.231 e. The SMILES string of the molecule is CC(N)C1CCN(C(=O)Cc2ccc3c(c2)OCO3)CC1.Cl. The third-order valence-electron chi connectivity index (χ3n) is 4.43. The maximum atomic E-state index is 12.4. The fourth-order valence-corrected chi connectivity index (χ4v) is 3.01. The Morgan fingerprint density at radius 2 is 2.00 bits per heavy atom. The Bertz CT molecular complexity index is 528. The summed E-state index contributed by atoms with van der Waals surface area (Å²) in [5.41, 5.74) is 6.91. The summed E-state index contributed by atoms with van der Waals surface area (Å²) in [6, 6.07) is 5.92. The lowest BCUT2D eigenvalue weighted by atomic mass is 9.91. The van der Waals surface area contributed by atoms with Gasteiger partial charge >= 0.3 is 0 Å². The number of halogens is 1. The molecular weight excluding hydrogens is 304 g/mol. The summed E-state index contributed by atoms with van der Waals surface area (Å²) in [6.07, 6.45) is 2.43. The van der Waals surface area contributed by atoms with Crippen LogP contribution in [0.25, 0.3) is 0 Å². The van der Waals surface area contributed by atoms with Gasteiger partial charge in [-0.3, -0.25) is 4.79 Å². The minimum absolute atomic E-state index is 0. The number of hydrogen-bond donors (Lipinski definition) is 1. The summed E-state index contributed by atoms with van der Waals surface area (Å²) in [5.74, 6) is 2.21. The summed E-state index contributed by atoms with van der Waals surface area (Å²) < 4.78 is 10.6. The summed E-state index contributed by atoms with van der Waals surface area (Å²) >= 11 is 0. The molecule has 1 aromatic rings. The molecule has 2 aliphatic heterocycles. The highest BCUT2D eigenvalue weighted by Crippen LogP contribution is 2.32. The van der Waals surface area contributed by atoms with E-state index in [1.54, 1.807) is 0 Å². The number of benzene rings is 1. The Hall–Kier alpha value is -1.46. The molecule has 0 aromatic heterocycles. The predicted molar refractivity (Wildman–Crippen MR) is 86.5 cm³/mol. The van der Waals surface area contributed by atoms with Gasteiger partial charge < -0.3 is 20.1 Å². The fraction of sp³-hybridized carbons (Fsp3) is 0.562. The first-order valence-corrected chi connectivity index (χ1v) is 7.55. The van der Waals surface area contributed by atoms with Crippen molar-refractivity contribution in [3.63, 3.8) is 0 Å². The number of amides is 1. The van der Waals surface area contributed by atoms with Gasteiger partial charge in [0.2, 0.25) is 12.7 Å². The first kappa shape index (κ1) is 16.9. The van der Waals surface area contributed by atoms with Gasteiger partial charge in [0.15, 0.2) is 11.5 Å². The lowest BCUT2D eigenvalue weighted by molar-refractivity contribution is -0.131. The first-order valence-electron chi connectivity index (χ1n) is 7.55. The van der Waals surface area contributed by atoms with E-state index in [2.05, 4.69) is 6.92 Å². The van der Waals surface area contributed by atoms with E-state index in [-0.39, 0.29) is 31.1 Å². The van der Waals surface area contributed by atoms with Gasteiger partial charge in [0.1, 0.15) is 0 Å². The molecule has 122 valence electrons. The molecule has 1 unspecified atom stereocenters. The van der Waals surface area contributed by atoms with Crippen LogP contribution in [0.4, 0.5) is 0 Å². The van der Waals surface area contributed by atoms with Crippen molar-refractivity contribution in [3.8, 4) is 11.5 Å². The minimum Gasteiger partial charge on any atom is -0.454 e. The quantitative estimate of drug-likeness (QED) is 0.922. The summed E-state index contributed by atoms with van der Waals surface area (Å²) in [6.45, 7) is 3.94. The molecule has 0 bridgehead atoms. The zero-order chi connectivity index (χ0) is 14.8. The van der Waals surface area contributed by atoms with Gasteiger partial charge in [-0.1, -0.05) is 6.07 Å². The van der Waals surface area contributed by atoms with E-state index in [1.165, 1.54) is 0 Å². The topological polar surface area (TPSA) is 64.8 Å². The van der Waals surface area contributed by atoms with Gasteiger partial charge in [-0.25, -0.2) is 0 Å². The number of hydrogen-bond acceptors (Lipinski definition) is 4. The van der Waals surface area contributed by atoms with Crippen LogP contribution in [0.3, 0.4) is 0 Å². The van der Waals surface area contributed by atoms with Crippen molar-refractivity contribution in [1.82, 2.24) is 4.90 Å². The highest BCUT2D eigenvalue weighted by Gasteiger charge is 2.25. The molecule has 0 radical (unpaired) electrons. The zero-order valence-corrected chi connectivity index (χ0v) is 13.6. The number of rotatable bonds is 3. The Balaban J connectivity index is 0.00000176.